The van der Waals surface area contributed by atoms with Crippen LogP contribution in [0.3, 0.4) is 0 Å². The van der Waals surface area contributed by atoms with E-state index in [1.807, 2.05) is 36.4 Å². The highest BCUT2D eigenvalue weighted by atomic mass is 35.5. The average molecular weight is 409 g/mol. The van der Waals surface area contributed by atoms with Crippen molar-refractivity contribution in [3.63, 3.8) is 0 Å². The number of hydrogen-bond donors (Lipinski definition) is 0. The van der Waals surface area contributed by atoms with Crippen LogP contribution in [-0.4, -0.2) is 34.7 Å². The SMILES string of the molecule is CN(Cc1ccc(Cl)cc1)C(=O)C1Cc2ccccc2CN1C(=O)c1ccco1. The quantitative estimate of drug-likeness (QED) is 0.651. The van der Waals surface area contributed by atoms with E-state index in [4.69, 9.17) is 16.0 Å². The lowest BCUT2D eigenvalue weighted by atomic mass is 9.93. The van der Waals surface area contributed by atoms with Crippen LogP contribution in [0.4, 0.5) is 0 Å². The summed E-state index contributed by atoms with van der Waals surface area (Å²) >= 11 is 5.95. The van der Waals surface area contributed by atoms with Gasteiger partial charge in [-0.25, -0.2) is 0 Å². The Hall–Kier alpha value is -3.05. The molecule has 2 heterocycles. The first-order chi connectivity index (χ1) is 14.0. The Labute approximate surface area is 174 Å². The van der Waals surface area contributed by atoms with Crippen LogP contribution >= 0.6 is 11.6 Å². The zero-order valence-electron chi connectivity index (χ0n) is 16.0. The van der Waals surface area contributed by atoms with E-state index in [1.165, 1.54) is 6.26 Å². The second-order valence-electron chi connectivity index (χ2n) is 7.22. The number of halogens is 1. The summed E-state index contributed by atoms with van der Waals surface area (Å²) in [6.45, 7) is 0.817. The van der Waals surface area contributed by atoms with Gasteiger partial charge in [-0.15, -0.1) is 0 Å². The van der Waals surface area contributed by atoms with E-state index in [0.29, 0.717) is 24.5 Å². The van der Waals surface area contributed by atoms with Gasteiger partial charge in [0.1, 0.15) is 6.04 Å². The molecular formula is C23H21ClN2O3. The summed E-state index contributed by atoms with van der Waals surface area (Å²) < 4.78 is 5.30. The zero-order chi connectivity index (χ0) is 20.4. The number of furan rings is 1. The summed E-state index contributed by atoms with van der Waals surface area (Å²) in [4.78, 5) is 29.7. The first kappa shape index (κ1) is 19.3. The standard InChI is InChI=1S/C23H21ClN2O3/c1-25(14-16-8-10-19(24)11-9-16)22(27)20-13-17-5-2-3-6-18(17)15-26(20)23(28)21-7-4-12-29-21/h2-12,20H,13-15H2,1H3. The molecule has 1 aliphatic heterocycles. The lowest BCUT2D eigenvalue weighted by molar-refractivity contribution is -0.135. The summed E-state index contributed by atoms with van der Waals surface area (Å²) in [5.41, 5.74) is 3.12. The molecule has 148 valence electrons. The van der Waals surface area contributed by atoms with Crippen LogP contribution in [0.2, 0.25) is 5.02 Å². The molecule has 0 radical (unpaired) electrons. The van der Waals surface area contributed by atoms with Crippen LogP contribution < -0.4 is 0 Å². The molecule has 0 bridgehead atoms. The van der Waals surface area contributed by atoms with Gasteiger partial charge >= 0.3 is 0 Å². The number of hydrogen-bond acceptors (Lipinski definition) is 3. The topological polar surface area (TPSA) is 53.8 Å². The fraction of sp³-hybridized carbons (Fsp3) is 0.217. The number of rotatable bonds is 4. The molecule has 1 aromatic heterocycles. The lowest BCUT2D eigenvalue weighted by Crippen LogP contribution is -2.52. The van der Waals surface area contributed by atoms with Gasteiger partial charge in [0.05, 0.1) is 6.26 Å². The minimum atomic E-state index is -0.584. The molecule has 0 saturated heterocycles. The second kappa shape index (κ2) is 8.13. The molecule has 6 heteroatoms. The number of carbonyl (C=O) groups excluding carboxylic acids is 2. The summed E-state index contributed by atoms with van der Waals surface area (Å²) in [6.07, 6.45) is 1.95. The van der Waals surface area contributed by atoms with E-state index in [2.05, 4.69) is 0 Å². The number of carbonyl (C=O) groups is 2. The zero-order valence-corrected chi connectivity index (χ0v) is 16.8. The van der Waals surface area contributed by atoms with Crippen molar-refractivity contribution in [2.75, 3.05) is 7.05 Å². The third kappa shape index (κ3) is 4.05. The van der Waals surface area contributed by atoms with E-state index >= 15 is 0 Å². The van der Waals surface area contributed by atoms with Gasteiger partial charge in [-0.2, -0.15) is 0 Å². The molecule has 29 heavy (non-hydrogen) atoms. The van der Waals surface area contributed by atoms with Gasteiger partial charge in [-0.3, -0.25) is 9.59 Å². The van der Waals surface area contributed by atoms with Gasteiger partial charge in [0.15, 0.2) is 5.76 Å². The summed E-state index contributed by atoms with van der Waals surface area (Å²) in [7, 11) is 1.76. The maximum absolute atomic E-state index is 13.3. The van der Waals surface area contributed by atoms with Gasteiger partial charge in [0, 0.05) is 31.6 Å². The Morgan fingerprint density at radius 3 is 2.48 bits per heavy atom. The maximum atomic E-state index is 13.3. The molecule has 0 spiro atoms. The predicted octanol–water partition coefficient (Wildman–Crippen LogP) is 4.16. The van der Waals surface area contributed by atoms with Gasteiger partial charge in [0.2, 0.25) is 5.91 Å². The van der Waals surface area contributed by atoms with Crippen molar-refractivity contribution in [3.05, 3.63) is 94.4 Å². The normalized spacial score (nSPS) is 15.7. The highest BCUT2D eigenvalue weighted by Crippen LogP contribution is 2.26. The van der Waals surface area contributed by atoms with E-state index in [0.717, 1.165) is 16.7 Å². The largest absolute Gasteiger partial charge is 0.459 e. The molecule has 2 aromatic carbocycles. The summed E-state index contributed by atoms with van der Waals surface area (Å²) in [5.74, 6) is -0.139. The molecule has 4 rings (SSSR count). The highest BCUT2D eigenvalue weighted by Gasteiger charge is 2.37. The van der Waals surface area contributed by atoms with Crippen molar-refractivity contribution < 1.29 is 14.0 Å². The van der Waals surface area contributed by atoms with Crippen molar-refractivity contribution in [3.8, 4) is 0 Å². The van der Waals surface area contributed by atoms with Gasteiger partial charge in [-0.05, 0) is 41.0 Å². The minimum absolute atomic E-state index is 0.102. The summed E-state index contributed by atoms with van der Waals surface area (Å²) in [5, 5.41) is 0.654. The number of likely N-dealkylation sites (N-methyl/N-ethyl adjacent to an activating group) is 1. The molecule has 5 nitrogen and oxygen atoms in total. The fourth-order valence-electron chi connectivity index (χ4n) is 3.69. The van der Waals surface area contributed by atoms with E-state index in [1.54, 1.807) is 41.1 Å². The van der Waals surface area contributed by atoms with Gasteiger partial charge < -0.3 is 14.2 Å². The van der Waals surface area contributed by atoms with Crippen LogP contribution in [0.1, 0.15) is 27.2 Å². The number of amides is 2. The van der Waals surface area contributed by atoms with Crippen LogP contribution in [0, 0.1) is 0 Å². The molecule has 0 aliphatic carbocycles. The average Bonchev–Trinajstić information content (AvgIpc) is 3.28. The smallest absolute Gasteiger partial charge is 0.290 e. The maximum Gasteiger partial charge on any atom is 0.290 e. The van der Waals surface area contributed by atoms with Crippen molar-refractivity contribution in [1.29, 1.82) is 0 Å². The van der Waals surface area contributed by atoms with Crippen molar-refractivity contribution in [1.82, 2.24) is 9.80 Å². The van der Waals surface area contributed by atoms with Gasteiger partial charge in [-0.1, -0.05) is 48.0 Å². The Balaban J connectivity index is 1.60. The number of benzene rings is 2. The van der Waals surface area contributed by atoms with Crippen LogP contribution in [0.25, 0.3) is 0 Å². The first-order valence-corrected chi connectivity index (χ1v) is 9.81. The molecule has 0 saturated carbocycles. The Morgan fingerprint density at radius 2 is 1.79 bits per heavy atom. The monoisotopic (exact) mass is 408 g/mol. The van der Waals surface area contributed by atoms with Crippen molar-refractivity contribution in [2.24, 2.45) is 0 Å². The Morgan fingerprint density at radius 1 is 1.07 bits per heavy atom. The molecule has 0 fully saturated rings. The number of fused-ring (bicyclic) bond motifs is 1. The van der Waals surface area contributed by atoms with Gasteiger partial charge in [0.25, 0.3) is 5.91 Å². The fourth-order valence-corrected chi connectivity index (χ4v) is 3.82. The van der Waals surface area contributed by atoms with E-state index < -0.39 is 6.04 Å². The molecule has 1 atom stereocenters. The molecule has 3 aromatic rings. The van der Waals surface area contributed by atoms with Crippen LogP contribution in [-0.2, 0) is 24.3 Å². The Kier molecular flexibility index (Phi) is 5.41. The molecule has 2 amide bonds. The minimum Gasteiger partial charge on any atom is -0.459 e. The summed E-state index contributed by atoms with van der Waals surface area (Å²) in [6, 6.07) is 18.0. The van der Waals surface area contributed by atoms with Crippen molar-refractivity contribution >= 4 is 23.4 Å². The van der Waals surface area contributed by atoms with E-state index in [-0.39, 0.29) is 17.6 Å². The molecular weight excluding hydrogens is 388 g/mol. The third-order valence-corrected chi connectivity index (χ3v) is 5.49. The molecule has 0 N–H and O–H groups in total. The van der Waals surface area contributed by atoms with Crippen LogP contribution in [0.15, 0.2) is 71.3 Å². The Bertz CT molecular complexity index is 1010. The van der Waals surface area contributed by atoms with Crippen molar-refractivity contribution in [2.45, 2.75) is 25.6 Å². The van der Waals surface area contributed by atoms with Crippen LogP contribution in [0.5, 0.6) is 0 Å². The molecule has 1 aliphatic rings. The second-order valence-corrected chi connectivity index (χ2v) is 7.66. The lowest BCUT2D eigenvalue weighted by Gasteiger charge is -2.37. The number of nitrogens with zero attached hydrogens (tertiary/aromatic N) is 2. The molecule has 1 unspecified atom stereocenters. The van der Waals surface area contributed by atoms with E-state index in [9.17, 15) is 9.59 Å². The third-order valence-electron chi connectivity index (χ3n) is 5.24. The predicted molar refractivity (Wildman–Crippen MR) is 110 cm³/mol. The highest BCUT2D eigenvalue weighted by molar-refractivity contribution is 6.30. The first-order valence-electron chi connectivity index (χ1n) is 9.43.